The summed E-state index contributed by atoms with van der Waals surface area (Å²) in [4.78, 5) is 13.8. The topological polar surface area (TPSA) is 44.3 Å². The zero-order chi connectivity index (χ0) is 14.8. The summed E-state index contributed by atoms with van der Waals surface area (Å²) in [5.41, 5.74) is 0. The quantitative estimate of drug-likeness (QED) is 0.926. The van der Waals surface area contributed by atoms with Crippen molar-refractivity contribution in [2.75, 3.05) is 36.9 Å². The van der Waals surface area contributed by atoms with Gasteiger partial charge in [-0.05, 0) is 32.7 Å². The fourth-order valence-electron chi connectivity index (χ4n) is 3.40. The fourth-order valence-corrected chi connectivity index (χ4v) is 3.61. The molecule has 2 saturated heterocycles. The van der Waals surface area contributed by atoms with Crippen molar-refractivity contribution >= 4 is 23.4 Å². The first-order chi connectivity index (χ1) is 10.2. The van der Waals surface area contributed by atoms with Crippen molar-refractivity contribution in [2.24, 2.45) is 0 Å². The SMILES string of the molecule is CCCNc1ncc(Cl)c(N2CCC3CCC(C2)N3C)n1. The highest BCUT2D eigenvalue weighted by Crippen LogP contribution is 2.32. The molecule has 0 radical (unpaired) electrons. The largest absolute Gasteiger partial charge is 0.354 e. The summed E-state index contributed by atoms with van der Waals surface area (Å²) in [5.74, 6) is 1.56. The van der Waals surface area contributed by atoms with Crippen molar-refractivity contribution < 1.29 is 0 Å². The second-order valence-electron chi connectivity index (χ2n) is 6.08. The van der Waals surface area contributed by atoms with Gasteiger partial charge in [0, 0.05) is 31.7 Å². The van der Waals surface area contributed by atoms with Crippen LogP contribution in [0.3, 0.4) is 0 Å². The van der Waals surface area contributed by atoms with Gasteiger partial charge in [0.05, 0.1) is 6.20 Å². The molecule has 21 heavy (non-hydrogen) atoms. The molecule has 2 fully saturated rings. The molecule has 116 valence electrons. The summed E-state index contributed by atoms with van der Waals surface area (Å²) in [7, 11) is 2.25. The van der Waals surface area contributed by atoms with E-state index in [1.54, 1.807) is 6.20 Å². The highest BCUT2D eigenvalue weighted by atomic mass is 35.5. The van der Waals surface area contributed by atoms with Crippen LogP contribution in [-0.2, 0) is 0 Å². The molecule has 0 aliphatic carbocycles. The van der Waals surface area contributed by atoms with Gasteiger partial charge in [-0.25, -0.2) is 4.98 Å². The summed E-state index contributed by atoms with van der Waals surface area (Å²) in [5, 5.41) is 3.89. The monoisotopic (exact) mass is 309 g/mol. The Morgan fingerprint density at radius 3 is 2.95 bits per heavy atom. The Morgan fingerprint density at radius 2 is 2.14 bits per heavy atom. The van der Waals surface area contributed by atoms with Crippen molar-refractivity contribution in [3.63, 3.8) is 0 Å². The predicted molar refractivity (Wildman–Crippen MR) is 87.2 cm³/mol. The molecule has 2 aliphatic heterocycles. The van der Waals surface area contributed by atoms with Crippen LogP contribution >= 0.6 is 11.6 Å². The van der Waals surface area contributed by atoms with E-state index in [1.165, 1.54) is 19.3 Å². The Morgan fingerprint density at radius 1 is 1.33 bits per heavy atom. The lowest BCUT2D eigenvalue weighted by atomic mass is 10.1. The number of aromatic nitrogens is 2. The van der Waals surface area contributed by atoms with E-state index in [1.807, 2.05) is 0 Å². The highest BCUT2D eigenvalue weighted by molar-refractivity contribution is 6.32. The average molecular weight is 310 g/mol. The van der Waals surface area contributed by atoms with Gasteiger partial charge in [0.25, 0.3) is 0 Å². The van der Waals surface area contributed by atoms with E-state index in [2.05, 4.69) is 39.1 Å². The zero-order valence-electron chi connectivity index (χ0n) is 12.8. The van der Waals surface area contributed by atoms with Crippen molar-refractivity contribution in [2.45, 2.75) is 44.7 Å². The lowest BCUT2D eigenvalue weighted by Crippen LogP contribution is -2.37. The van der Waals surface area contributed by atoms with Crippen molar-refractivity contribution in [3.05, 3.63) is 11.2 Å². The van der Waals surface area contributed by atoms with Gasteiger partial charge in [-0.15, -0.1) is 0 Å². The van der Waals surface area contributed by atoms with Gasteiger partial charge in [-0.2, -0.15) is 4.98 Å². The van der Waals surface area contributed by atoms with E-state index in [0.29, 0.717) is 17.0 Å². The summed E-state index contributed by atoms with van der Waals surface area (Å²) in [6.07, 6.45) is 6.57. The normalized spacial score (nSPS) is 26.0. The molecule has 2 aliphatic rings. The molecule has 2 unspecified atom stereocenters. The lowest BCUT2D eigenvalue weighted by Gasteiger charge is -2.27. The van der Waals surface area contributed by atoms with Crippen LogP contribution in [0.25, 0.3) is 0 Å². The van der Waals surface area contributed by atoms with Crippen molar-refractivity contribution in [1.29, 1.82) is 0 Å². The second kappa shape index (κ2) is 6.36. The molecule has 3 rings (SSSR count). The molecule has 2 bridgehead atoms. The molecular formula is C15H24ClN5. The number of likely N-dealkylation sites (N-methyl/N-ethyl adjacent to an activating group) is 1. The minimum atomic E-state index is 0.621. The first-order valence-corrected chi connectivity index (χ1v) is 8.30. The Balaban J connectivity index is 1.79. The third kappa shape index (κ3) is 3.09. The molecule has 2 atom stereocenters. The predicted octanol–water partition coefficient (Wildman–Crippen LogP) is 2.62. The molecule has 0 amide bonds. The molecule has 1 aromatic rings. The molecule has 0 spiro atoms. The number of nitrogens with zero attached hydrogens (tertiary/aromatic N) is 4. The van der Waals surface area contributed by atoms with Gasteiger partial charge in [-0.1, -0.05) is 18.5 Å². The van der Waals surface area contributed by atoms with E-state index >= 15 is 0 Å². The maximum Gasteiger partial charge on any atom is 0.224 e. The van der Waals surface area contributed by atoms with Gasteiger partial charge in [0.2, 0.25) is 5.95 Å². The summed E-state index contributed by atoms with van der Waals surface area (Å²) < 4.78 is 0. The summed E-state index contributed by atoms with van der Waals surface area (Å²) in [6, 6.07) is 1.34. The van der Waals surface area contributed by atoms with E-state index in [0.717, 1.165) is 37.9 Å². The zero-order valence-corrected chi connectivity index (χ0v) is 13.6. The minimum Gasteiger partial charge on any atom is -0.354 e. The molecule has 6 heteroatoms. The van der Waals surface area contributed by atoms with Crippen LogP contribution < -0.4 is 10.2 Å². The van der Waals surface area contributed by atoms with Crippen LogP contribution in [0.4, 0.5) is 11.8 Å². The van der Waals surface area contributed by atoms with E-state index in [-0.39, 0.29) is 0 Å². The number of anilines is 2. The molecule has 3 heterocycles. The van der Waals surface area contributed by atoms with E-state index < -0.39 is 0 Å². The summed E-state index contributed by atoms with van der Waals surface area (Å²) in [6.45, 7) is 5.05. The smallest absolute Gasteiger partial charge is 0.224 e. The van der Waals surface area contributed by atoms with Crippen molar-refractivity contribution in [1.82, 2.24) is 14.9 Å². The number of rotatable bonds is 4. The second-order valence-corrected chi connectivity index (χ2v) is 6.48. The minimum absolute atomic E-state index is 0.621. The number of nitrogens with one attached hydrogen (secondary N) is 1. The highest BCUT2D eigenvalue weighted by Gasteiger charge is 2.35. The number of hydrogen-bond donors (Lipinski definition) is 1. The average Bonchev–Trinajstić information content (AvgIpc) is 2.72. The first kappa shape index (κ1) is 14.9. The molecule has 1 aromatic heterocycles. The maximum atomic E-state index is 6.35. The maximum absolute atomic E-state index is 6.35. The Kier molecular flexibility index (Phi) is 4.50. The van der Waals surface area contributed by atoms with Crippen LogP contribution in [0.1, 0.15) is 32.6 Å². The standard InChI is InChI=1S/C15H24ClN5/c1-3-7-17-15-18-9-13(16)14(19-15)21-8-6-11-4-5-12(10-21)20(11)2/h9,11-12H,3-8,10H2,1-2H3,(H,17,18,19). The number of hydrogen-bond acceptors (Lipinski definition) is 5. The molecule has 5 nitrogen and oxygen atoms in total. The third-order valence-corrected chi connectivity index (χ3v) is 4.97. The van der Waals surface area contributed by atoms with Crippen molar-refractivity contribution in [3.8, 4) is 0 Å². The van der Waals surface area contributed by atoms with Crippen LogP contribution in [0.5, 0.6) is 0 Å². The Labute approximate surface area is 131 Å². The van der Waals surface area contributed by atoms with Crippen LogP contribution in [0, 0.1) is 0 Å². The molecule has 0 aromatic carbocycles. The number of halogens is 1. The van der Waals surface area contributed by atoms with E-state index in [9.17, 15) is 0 Å². The fraction of sp³-hybridized carbons (Fsp3) is 0.733. The van der Waals surface area contributed by atoms with Gasteiger partial charge in [0.1, 0.15) is 5.02 Å². The molecule has 0 saturated carbocycles. The third-order valence-electron chi connectivity index (χ3n) is 4.71. The van der Waals surface area contributed by atoms with Gasteiger partial charge in [-0.3, -0.25) is 4.90 Å². The van der Waals surface area contributed by atoms with E-state index in [4.69, 9.17) is 11.6 Å². The first-order valence-electron chi connectivity index (χ1n) is 7.92. The molecule has 1 N–H and O–H groups in total. The van der Waals surface area contributed by atoms with Crippen LogP contribution in [-0.4, -0.2) is 53.6 Å². The van der Waals surface area contributed by atoms with Crippen LogP contribution in [0.2, 0.25) is 5.02 Å². The molecular weight excluding hydrogens is 286 g/mol. The summed E-state index contributed by atoms with van der Waals surface area (Å²) >= 11 is 6.35. The van der Waals surface area contributed by atoms with Gasteiger partial charge < -0.3 is 10.2 Å². The van der Waals surface area contributed by atoms with Gasteiger partial charge >= 0.3 is 0 Å². The lowest BCUT2D eigenvalue weighted by molar-refractivity contribution is 0.254. The Hall–Kier alpha value is -1.07. The number of fused-ring (bicyclic) bond motifs is 2. The van der Waals surface area contributed by atoms with Gasteiger partial charge in [0.15, 0.2) is 5.82 Å². The Bertz CT molecular complexity index is 495. The van der Waals surface area contributed by atoms with Crippen LogP contribution in [0.15, 0.2) is 6.20 Å².